The lowest BCUT2D eigenvalue weighted by Gasteiger charge is -2.14. The van der Waals surface area contributed by atoms with E-state index in [0.29, 0.717) is 12.4 Å². The van der Waals surface area contributed by atoms with Gasteiger partial charge in [-0.2, -0.15) is 0 Å². The van der Waals surface area contributed by atoms with E-state index >= 15 is 0 Å². The lowest BCUT2D eigenvalue weighted by Crippen LogP contribution is -2.10. The van der Waals surface area contributed by atoms with E-state index in [1.54, 1.807) is 7.05 Å². The number of aromatic nitrogens is 2. The summed E-state index contributed by atoms with van der Waals surface area (Å²) in [5, 5.41) is 3.46. The van der Waals surface area contributed by atoms with E-state index in [4.69, 9.17) is 10.7 Å². The quantitative estimate of drug-likeness (QED) is 0.319. The zero-order valence-corrected chi connectivity index (χ0v) is 19.1. The van der Waals surface area contributed by atoms with Crippen molar-refractivity contribution in [3.8, 4) is 11.4 Å². The number of unbranched alkanes of at least 4 members (excludes halogenated alkanes) is 1. The van der Waals surface area contributed by atoms with E-state index in [1.165, 1.54) is 0 Å². The van der Waals surface area contributed by atoms with Crippen LogP contribution in [0.5, 0.6) is 0 Å². The van der Waals surface area contributed by atoms with Crippen LogP contribution in [-0.2, 0) is 0 Å². The molecule has 0 aliphatic rings. The molecule has 1 aromatic carbocycles. The molecule has 1 aromatic heterocycles. The number of allylic oxidation sites excluding steroid dienone is 4. The summed E-state index contributed by atoms with van der Waals surface area (Å²) in [6, 6.07) is 8.20. The molecule has 2 rings (SSSR count). The van der Waals surface area contributed by atoms with Crippen LogP contribution in [-0.4, -0.2) is 55.3 Å². The van der Waals surface area contributed by atoms with Crippen LogP contribution < -0.4 is 11.1 Å². The number of aliphatic imine (C=N–C) groups is 1. The summed E-state index contributed by atoms with van der Waals surface area (Å²) in [4.78, 5) is 15.7. The number of rotatable bonds is 11. The Labute approximate surface area is 186 Å². The molecule has 31 heavy (non-hydrogen) atoms. The Morgan fingerprint density at radius 1 is 1.26 bits per heavy atom. The third kappa shape index (κ3) is 6.89. The van der Waals surface area contributed by atoms with Crippen LogP contribution in [0, 0.1) is 0 Å². The van der Waals surface area contributed by atoms with Crippen molar-refractivity contribution in [2.24, 2.45) is 10.7 Å². The molecule has 6 nitrogen and oxygen atoms in total. The highest BCUT2D eigenvalue weighted by Gasteiger charge is 2.12. The summed E-state index contributed by atoms with van der Waals surface area (Å²) >= 11 is 0. The maximum Gasteiger partial charge on any atom is 0.161 e. The molecule has 2 aromatic rings. The van der Waals surface area contributed by atoms with Crippen LogP contribution in [0.3, 0.4) is 0 Å². The van der Waals surface area contributed by atoms with Crippen LogP contribution in [0.15, 0.2) is 60.4 Å². The lowest BCUT2D eigenvalue weighted by molar-refractivity contribution is 0.566. The Hall–Kier alpha value is -3.25. The minimum Gasteiger partial charge on any atom is -0.383 e. The highest BCUT2D eigenvalue weighted by atomic mass is 15.0. The molecule has 6 heteroatoms. The van der Waals surface area contributed by atoms with Crippen LogP contribution in [0.4, 0.5) is 5.82 Å². The molecule has 164 valence electrons. The summed E-state index contributed by atoms with van der Waals surface area (Å²) in [5.41, 5.74) is 10.6. The van der Waals surface area contributed by atoms with Crippen molar-refractivity contribution < 1.29 is 0 Å². The van der Waals surface area contributed by atoms with Gasteiger partial charge in [0.05, 0.1) is 0 Å². The molecule has 0 fully saturated rings. The van der Waals surface area contributed by atoms with Crippen molar-refractivity contribution in [1.29, 1.82) is 0 Å². The van der Waals surface area contributed by atoms with Crippen molar-refractivity contribution in [3.05, 3.63) is 66.5 Å². The minimum absolute atomic E-state index is 0.670. The molecule has 0 aliphatic heterocycles. The van der Waals surface area contributed by atoms with Gasteiger partial charge in [0.2, 0.25) is 0 Å². The predicted molar refractivity (Wildman–Crippen MR) is 134 cm³/mol. The molecular weight excluding hydrogens is 384 g/mol. The molecule has 0 aliphatic carbocycles. The monoisotopic (exact) mass is 418 g/mol. The number of hydrogen-bond donors (Lipinski definition) is 2. The number of hydrogen-bond acceptors (Lipinski definition) is 6. The number of benzene rings is 1. The summed E-state index contributed by atoms with van der Waals surface area (Å²) < 4.78 is 0. The van der Waals surface area contributed by atoms with E-state index in [-0.39, 0.29) is 0 Å². The third-order valence-corrected chi connectivity index (χ3v) is 4.67. The average molecular weight is 419 g/mol. The van der Waals surface area contributed by atoms with E-state index in [0.717, 1.165) is 53.0 Å². The second kappa shape index (κ2) is 12.4. The fourth-order valence-corrected chi connectivity index (χ4v) is 3.14. The zero-order valence-electron chi connectivity index (χ0n) is 19.1. The standard InChI is InChI=1S/C25H34N6/c1-6-19(16-27-3)23-17-29-24(30-25(23)28-14-9-8-13-26)22-12-10-11-21(15-22)20(7-2)18-31(4)5/h6-7,10-12,15-18H,2,8-9,13-14,26H2,1,3-5H3,(H,28,29,30)/b19-6+,20-18+,27-16-. The molecule has 0 unspecified atom stereocenters. The summed E-state index contributed by atoms with van der Waals surface area (Å²) in [7, 11) is 5.75. The maximum atomic E-state index is 5.63. The van der Waals surface area contributed by atoms with Crippen molar-refractivity contribution in [2.45, 2.75) is 19.8 Å². The first-order chi connectivity index (χ1) is 15.0. The average Bonchev–Trinajstić information content (AvgIpc) is 2.78. The molecule has 0 amide bonds. The lowest BCUT2D eigenvalue weighted by atomic mass is 10.0. The van der Waals surface area contributed by atoms with Gasteiger partial charge in [0.25, 0.3) is 0 Å². The molecular formula is C25H34N6. The molecule has 0 saturated carbocycles. The van der Waals surface area contributed by atoms with Gasteiger partial charge in [-0.1, -0.05) is 36.9 Å². The maximum absolute atomic E-state index is 5.63. The second-order valence-electron chi connectivity index (χ2n) is 7.34. The van der Waals surface area contributed by atoms with E-state index in [2.05, 4.69) is 34.0 Å². The molecule has 0 atom stereocenters. The van der Waals surface area contributed by atoms with Crippen LogP contribution >= 0.6 is 0 Å². The summed E-state index contributed by atoms with van der Waals surface area (Å²) in [5.74, 6) is 1.47. The molecule has 3 N–H and O–H groups in total. The minimum atomic E-state index is 0.670. The van der Waals surface area contributed by atoms with Gasteiger partial charge in [0, 0.05) is 63.0 Å². The first-order valence-electron chi connectivity index (χ1n) is 10.5. The van der Waals surface area contributed by atoms with Gasteiger partial charge in [-0.25, -0.2) is 9.97 Å². The number of anilines is 1. The van der Waals surface area contributed by atoms with Gasteiger partial charge in [0.15, 0.2) is 5.82 Å². The van der Waals surface area contributed by atoms with Gasteiger partial charge in [-0.15, -0.1) is 0 Å². The number of nitrogens with zero attached hydrogens (tertiary/aromatic N) is 4. The van der Waals surface area contributed by atoms with Crippen molar-refractivity contribution in [3.63, 3.8) is 0 Å². The SMILES string of the molecule is C=C/C(=C\N(C)C)c1cccc(-c2ncc(C(/C=N\C)=C/C)c(NCCCCN)n2)c1. The fourth-order valence-electron chi connectivity index (χ4n) is 3.14. The predicted octanol–water partition coefficient (Wildman–Crippen LogP) is 4.49. The first-order valence-corrected chi connectivity index (χ1v) is 10.5. The molecule has 0 bridgehead atoms. The van der Waals surface area contributed by atoms with Crippen LogP contribution in [0.25, 0.3) is 22.5 Å². The van der Waals surface area contributed by atoms with Gasteiger partial charge < -0.3 is 16.0 Å². The Morgan fingerprint density at radius 2 is 2.06 bits per heavy atom. The number of nitrogens with one attached hydrogen (secondary N) is 1. The highest BCUT2D eigenvalue weighted by molar-refractivity contribution is 6.11. The smallest absolute Gasteiger partial charge is 0.161 e. The molecule has 0 radical (unpaired) electrons. The van der Waals surface area contributed by atoms with Crippen molar-refractivity contribution >= 4 is 23.2 Å². The van der Waals surface area contributed by atoms with E-state index in [1.807, 2.05) is 68.8 Å². The largest absolute Gasteiger partial charge is 0.383 e. The Bertz CT molecular complexity index is 956. The Balaban J connectivity index is 2.47. The fraction of sp³-hybridized carbons (Fsp3) is 0.320. The Morgan fingerprint density at radius 3 is 2.71 bits per heavy atom. The van der Waals surface area contributed by atoms with Gasteiger partial charge >= 0.3 is 0 Å². The van der Waals surface area contributed by atoms with Crippen molar-refractivity contribution in [1.82, 2.24) is 14.9 Å². The second-order valence-corrected chi connectivity index (χ2v) is 7.34. The Kier molecular flexibility index (Phi) is 9.65. The van der Waals surface area contributed by atoms with Crippen LogP contribution in [0.1, 0.15) is 30.9 Å². The normalized spacial score (nSPS) is 12.3. The van der Waals surface area contributed by atoms with Gasteiger partial charge in [-0.05, 0) is 43.5 Å². The highest BCUT2D eigenvalue weighted by Crippen LogP contribution is 2.26. The van der Waals surface area contributed by atoms with Crippen molar-refractivity contribution in [2.75, 3.05) is 39.5 Å². The molecule has 1 heterocycles. The van der Waals surface area contributed by atoms with Gasteiger partial charge in [-0.3, -0.25) is 4.99 Å². The van der Waals surface area contributed by atoms with Gasteiger partial charge in [0.1, 0.15) is 5.82 Å². The van der Waals surface area contributed by atoms with E-state index in [9.17, 15) is 0 Å². The topological polar surface area (TPSA) is 79.4 Å². The zero-order chi connectivity index (χ0) is 22.6. The van der Waals surface area contributed by atoms with E-state index < -0.39 is 0 Å². The number of nitrogens with two attached hydrogens (primary N) is 1. The summed E-state index contributed by atoms with van der Waals surface area (Å²) in [6.07, 6.45) is 11.6. The molecule has 0 spiro atoms. The van der Waals surface area contributed by atoms with Crippen LogP contribution in [0.2, 0.25) is 0 Å². The molecule has 0 saturated heterocycles. The first kappa shape index (κ1) is 24.0. The summed E-state index contributed by atoms with van der Waals surface area (Å²) in [6.45, 7) is 7.42. The third-order valence-electron chi connectivity index (χ3n) is 4.67.